The molecule has 1 heterocycles. The Morgan fingerprint density at radius 3 is 2.63 bits per heavy atom. The standard InChI is InChI=1S/C15H23N3O/c1-11-2-9-15(19)18(17-11)14-7-5-13(6-8-14)16-10-12-3-4-12/h2,9,12-14,16H,3-8,10H2,1H3. The van der Waals surface area contributed by atoms with Gasteiger partial charge in [0.2, 0.25) is 0 Å². The van der Waals surface area contributed by atoms with E-state index in [4.69, 9.17) is 0 Å². The lowest BCUT2D eigenvalue weighted by atomic mass is 9.91. The minimum absolute atomic E-state index is 0.0417. The molecule has 0 aromatic carbocycles. The Bertz CT molecular complexity index is 484. The van der Waals surface area contributed by atoms with Crippen molar-refractivity contribution in [3.63, 3.8) is 0 Å². The molecule has 1 aromatic rings. The minimum atomic E-state index is 0.0417. The molecule has 0 radical (unpaired) electrons. The highest BCUT2D eigenvalue weighted by Crippen LogP contribution is 2.30. The number of nitrogens with one attached hydrogen (secondary N) is 1. The Hall–Kier alpha value is -1.16. The molecule has 4 nitrogen and oxygen atoms in total. The molecule has 0 atom stereocenters. The first kappa shape index (κ1) is 12.9. The van der Waals surface area contributed by atoms with Gasteiger partial charge in [0.05, 0.1) is 11.7 Å². The highest BCUT2D eigenvalue weighted by Gasteiger charge is 2.26. The lowest BCUT2D eigenvalue weighted by molar-refractivity contribution is 0.267. The van der Waals surface area contributed by atoms with Crippen molar-refractivity contribution in [1.29, 1.82) is 0 Å². The van der Waals surface area contributed by atoms with E-state index in [9.17, 15) is 4.79 Å². The molecule has 0 aliphatic heterocycles. The van der Waals surface area contributed by atoms with Crippen molar-refractivity contribution in [2.45, 2.75) is 57.5 Å². The molecule has 19 heavy (non-hydrogen) atoms. The van der Waals surface area contributed by atoms with Crippen molar-refractivity contribution in [1.82, 2.24) is 15.1 Å². The smallest absolute Gasteiger partial charge is 0.267 e. The van der Waals surface area contributed by atoms with Gasteiger partial charge in [-0.2, -0.15) is 5.10 Å². The summed E-state index contributed by atoms with van der Waals surface area (Å²) >= 11 is 0. The third-order valence-electron chi connectivity index (χ3n) is 4.39. The molecule has 4 heteroatoms. The summed E-state index contributed by atoms with van der Waals surface area (Å²) in [7, 11) is 0. The molecule has 0 amide bonds. The molecule has 3 rings (SSSR count). The fourth-order valence-corrected chi connectivity index (χ4v) is 2.96. The van der Waals surface area contributed by atoms with Crippen LogP contribution in [0.2, 0.25) is 0 Å². The first-order valence-corrected chi connectivity index (χ1v) is 7.52. The van der Waals surface area contributed by atoms with Crippen molar-refractivity contribution < 1.29 is 0 Å². The third kappa shape index (κ3) is 3.24. The minimum Gasteiger partial charge on any atom is -0.314 e. The van der Waals surface area contributed by atoms with Gasteiger partial charge in [0.15, 0.2) is 0 Å². The van der Waals surface area contributed by atoms with Gasteiger partial charge < -0.3 is 5.32 Å². The lowest BCUT2D eigenvalue weighted by Gasteiger charge is -2.29. The molecule has 2 aliphatic rings. The van der Waals surface area contributed by atoms with Crippen LogP contribution in [0.15, 0.2) is 16.9 Å². The Morgan fingerprint density at radius 1 is 1.21 bits per heavy atom. The average Bonchev–Trinajstić information content (AvgIpc) is 3.24. The SMILES string of the molecule is Cc1ccc(=O)n(C2CCC(NCC3CC3)CC2)n1. The van der Waals surface area contributed by atoms with Gasteiger partial charge in [-0.25, -0.2) is 4.68 Å². The first-order chi connectivity index (χ1) is 9.22. The van der Waals surface area contributed by atoms with Gasteiger partial charge in [0.25, 0.3) is 5.56 Å². The van der Waals surface area contributed by atoms with Crippen LogP contribution in [0.3, 0.4) is 0 Å². The van der Waals surface area contributed by atoms with Gasteiger partial charge in [-0.15, -0.1) is 0 Å². The molecule has 0 unspecified atom stereocenters. The van der Waals surface area contributed by atoms with Crippen LogP contribution >= 0.6 is 0 Å². The fourth-order valence-electron chi connectivity index (χ4n) is 2.96. The molecule has 104 valence electrons. The number of nitrogens with zero attached hydrogens (tertiary/aromatic N) is 2. The van der Waals surface area contributed by atoms with Crippen LogP contribution in [-0.2, 0) is 0 Å². The molecule has 0 saturated heterocycles. The molecular formula is C15H23N3O. The van der Waals surface area contributed by atoms with Gasteiger partial charge in [-0.05, 0) is 64.0 Å². The number of hydrogen-bond acceptors (Lipinski definition) is 3. The van der Waals surface area contributed by atoms with Crippen molar-refractivity contribution in [2.24, 2.45) is 5.92 Å². The van der Waals surface area contributed by atoms with E-state index in [1.54, 1.807) is 16.8 Å². The second-order valence-corrected chi connectivity index (χ2v) is 6.11. The maximum atomic E-state index is 11.9. The monoisotopic (exact) mass is 261 g/mol. The van der Waals surface area contributed by atoms with Crippen LogP contribution in [0.1, 0.15) is 50.3 Å². The van der Waals surface area contributed by atoms with E-state index >= 15 is 0 Å². The highest BCUT2D eigenvalue weighted by atomic mass is 16.1. The van der Waals surface area contributed by atoms with E-state index in [0.29, 0.717) is 12.1 Å². The summed E-state index contributed by atoms with van der Waals surface area (Å²) in [6.45, 7) is 3.14. The van der Waals surface area contributed by atoms with E-state index in [0.717, 1.165) is 24.5 Å². The summed E-state index contributed by atoms with van der Waals surface area (Å²) in [6, 6.07) is 4.38. The maximum Gasteiger partial charge on any atom is 0.267 e. The number of aromatic nitrogens is 2. The van der Waals surface area contributed by atoms with Crippen molar-refractivity contribution in [2.75, 3.05) is 6.54 Å². The van der Waals surface area contributed by atoms with Gasteiger partial charge in [-0.3, -0.25) is 4.79 Å². The van der Waals surface area contributed by atoms with Crippen LogP contribution < -0.4 is 10.9 Å². The van der Waals surface area contributed by atoms with E-state index in [1.807, 2.05) is 6.92 Å². The quantitative estimate of drug-likeness (QED) is 0.902. The molecular weight excluding hydrogens is 238 g/mol. The highest BCUT2D eigenvalue weighted by molar-refractivity contribution is 4.98. The Balaban J connectivity index is 1.56. The van der Waals surface area contributed by atoms with Crippen LogP contribution in [0.5, 0.6) is 0 Å². The number of rotatable bonds is 4. The molecule has 2 aliphatic carbocycles. The van der Waals surface area contributed by atoms with Gasteiger partial charge in [0, 0.05) is 12.1 Å². The predicted octanol–water partition coefficient (Wildman–Crippen LogP) is 2.04. The Labute approximate surface area is 114 Å². The van der Waals surface area contributed by atoms with Crippen molar-refractivity contribution in [3.8, 4) is 0 Å². The third-order valence-corrected chi connectivity index (χ3v) is 4.39. The first-order valence-electron chi connectivity index (χ1n) is 7.52. The van der Waals surface area contributed by atoms with Crippen LogP contribution in [0.25, 0.3) is 0 Å². The lowest BCUT2D eigenvalue weighted by Crippen LogP contribution is -2.37. The maximum absolute atomic E-state index is 11.9. The molecule has 0 spiro atoms. The van der Waals surface area contributed by atoms with Crippen LogP contribution in [0.4, 0.5) is 0 Å². The summed E-state index contributed by atoms with van der Waals surface area (Å²) in [6.07, 6.45) is 7.28. The summed E-state index contributed by atoms with van der Waals surface area (Å²) in [5.74, 6) is 0.943. The molecule has 1 aromatic heterocycles. The molecule has 1 N–H and O–H groups in total. The van der Waals surface area contributed by atoms with Gasteiger partial charge >= 0.3 is 0 Å². The van der Waals surface area contributed by atoms with E-state index in [1.165, 1.54) is 32.2 Å². The van der Waals surface area contributed by atoms with Crippen LogP contribution in [-0.4, -0.2) is 22.4 Å². The topological polar surface area (TPSA) is 46.9 Å². The molecule has 2 fully saturated rings. The second-order valence-electron chi connectivity index (χ2n) is 6.11. The fraction of sp³-hybridized carbons (Fsp3) is 0.733. The average molecular weight is 261 g/mol. The van der Waals surface area contributed by atoms with Gasteiger partial charge in [-0.1, -0.05) is 0 Å². The summed E-state index contributed by atoms with van der Waals surface area (Å²) in [5.41, 5.74) is 0.966. The van der Waals surface area contributed by atoms with Crippen LogP contribution in [0, 0.1) is 12.8 Å². The second kappa shape index (κ2) is 5.45. The van der Waals surface area contributed by atoms with E-state index in [2.05, 4.69) is 10.4 Å². The number of hydrogen-bond donors (Lipinski definition) is 1. The zero-order valence-corrected chi connectivity index (χ0v) is 11.6. The van der Waals surface area contributed by atoms with E-state index < -0.39 is 0 Å². The Morgan fingerprint density at radius 2 is 1.95 bits per heavy atom. The normalized spacial score (nSPS) is 27.4. The molecule has 0 bridgehead atoms. The van der Waals surface area contributed by atoms with E-state index in [-0.39, 0.29) is 5.56 Å². The summed E-state index contributed by atoms with van der Waals surface area (Å²) in [4.78, 5) is 11.9. The zero-order valence-electron chi connectivity index (χ0n) is 11.6. The zero-order chi connectivity index (χ0) is 13.2. The van der Waals surface area contributed by atoms with Crippen molar-refractivity contribution in [3.05, 3.63) is 28.2 Å². The summed E-state index contributed by atoms with van der Waals surface area (Å²) < 4.78 is 1.70. The van der Waals surface area contributed by atoms with Gasteiger partial charge in [0.1, 0.15) is 0 Å². The molecule has 2 saturated carbocycles. The Kier molecular flexibility index (Phi) is 3.69. The predicted molar refractivity (Wildman–Crippen MR) is 75.3 cm³/mol. The number of aryl methyl sites for hydroxylation is 1. The summed E-state index contributed by atoms with van der Waals surface area (Å²) in [5, 5.41) is 8.06. The largest absolute Gasteiger partial charge is 0.314 e. The van der Waals surface area contributed by atoms with Crippen molar-refractivity contribution >= 4 is 0 Å².